The quantitative estimate of drug-likeness (QED) is 0.364. The molecular formula is C31H25N3O4S. The summed E-state index contributed by atoms with van der Waals surface area (Å²) in [4.78, 5) is 32.7. The lowest BCUT2D eigenvalue weighted by Gasteiger charge is -2.25. The van der Waals surface area contributed by atoms with Gasteiger partial charge in [0, 0.05) is 5.69 Å². The molecule has 1 aliphatic heterocycles. The lowest BCUT2D eigenvalue weighted by atomic mass is 9.95. The molecule has 194 valence electrons. The van der Waals surface area contributed by atoms with E-state index in [1.807, 2.05) is 72.8 Å². The molecule has 8 heteroatoms. The number of nitrogens with one attached hydrogen (secondary N) is 1. The zero-order chi connectivity index (χ0) is 27.4. The van der Waals surface area contributed by atoms with E-state index in [2.05, 4.69) is 11.2 Å². The number of nitrogens with zero attached hydrogens (tertiary/aromatic N) is 2. The van der Waals surface area contributed by atoms with Crippen molar-refractivity contribution >= 4 is 29.0 Å². The van der Waals surface area contributed by atoms with Gasteiger partial charge < -0.3 is 14.8 Å². The Morgan fingerprint density at radius 3 is 2.64 bits per heavy atom. The summed E-state index contributed by atoms with van der Waals surface area (Å²) in [6.45, 7) is 1.94. The third-order valence-electron chi connectivity index (χ3n) is 6.19. The molecule has 0 spiro atoms. The van der Waals surface area contributed by atoms with Crippen molar-refractivity contribution in [2.45, 2.75) is 13.0 Å². The van der Waals surface area contributed by atoms with Crippen LogP contribution in [0.25, 0.3) is 6.08 Å². The maximum Gasteiger partial charge on any atom is 0.271 e. The van der Waals surface area contributed by atoms with E-state index in [1.165, 1.54) is 11.3 Å². The van der Waals surface area contributed by atoms with E-state index in [-0.39, 0.29) is 18.1 Å². The van der Waals surface area contributed by atoms with Gasteiger partial charge in [-0.05, 0) is 60.5 Å². The molecule has 3 aromatic carbocycles. The van der Waals surface area contributed by atoms with E-state index in [0.717, 1.165) is 11.1 Å². The van der Waals surface area contributed by atoms with Gasteiger partial charge in [-0.15, -0.1) is 6.42 Å². The van der Waals surface area contributed by atoms with Crippen LogP contribution >= 0.6 is 11.3 Å². The molecule has 4 aromatic rings. The first-order valence-corrected chi connectivity index (χ1v) is 13.0. The number of aromatic nitrogens is 1. The lowest BCUT2D eigenvalue weighted by Crippen LogP contribution is -2.40. The van der Waals surface area contributed by atoms with Gasteiger partial charge in [0.2, 0.25) is 0 Å². The van der Waals surface area contributed by atoms with Crippen molar-refractivity contribution in [3.63, 3.8) is 0 Å². The predicted molar refractivity (Wildman–Crippen MR) is 153 cm³/mol. The van der Waals surface area contributed by atoms with Crippen molar-refractivity contribution in [3.05, 3.63) is 121 Å². The van der Waals surface area contributed by atoms with Gasteiger partial charge in [-0.3, -0.25) is 14.2 Å². The maximum absolute atomic E-state index is 13.9. The summed E-state index contributed by atoms with van der Waals surface area (Å²) >= 11 is 1.27. The van der Waals surface area contributed by atoms with Crippen LogP contribution in [0.1, 0.15) is 24.1 Å². The molecule has 1 amide bonds. The number of ether oxygens (including phenoxy) is 2. The van der Waals surface area contributed by atoms with Crippen molar-refractivity contribution in [1.29, 1.82) is 0 Å². The molecule has 0 aliphatic carbocycles. The summed E-state index contributed by atoms with van der Waals surface area (Å²) in [5, 5.41) is 2.95. The minimum Gasteiger partial charge on any atom is -0.497 e. The van der Waals surface area contributed by atoms with Gasteiger partial charge in [-0.2, -0.15) is 0 Å². The number of anilines is 1. The summed E-state index contributed by atoms with van der Waals surface area (Å²) in [5.74, 6) is 3.35. The van der Waals surface area contributed by atoms with Crippen LogP contribution in [-0.4, -0.2) is 24.2 Å². The number of methoxy groups -OCH3 is 1. The number of allylic oxidation sites excluding steroid dienone is 1. The fraction of sp³-hybridized carbons (Fsp3) is 0.129. The van der Waals surface area contributed by atoms with Crippen LogP contribution in [0.15, 0.2) is 99.9 Å². The second-order valence-electron chi connectivity index (χ2n) is 8.74. The summed E-state index contributed by atoms with van der Waals surface area (Å²) < 4.78 is 13.0. The monoisotopic (exact) mass is 535 g/mol. The number of hydrogen-bond donors (Lipinski definition) is 1. The van der Waals surface area contributed by atoms with Crippen LogP contribution in [0, 0.1) is 12.3 Å². The van der Waals surface area contributed by atoms with Gasteiger partial charge in [0.25, 0.3) is 11.5 Å². The normalized spacial score (nSPS) is 14.7. The van der Waals surface area contributed by atoms with Gasteiger partial charge in [0.1, 0.15) is 18.1 Å². The molecule has 0 unspecified atom stereocenters. The average Bonchev–Trinajstić information content (AvgIpc) is 3.25. The zero-order valence-corrected chi connectivity index (χ0v) is 22.2. The van der Waals surface area contributed by atoms with Crippen LogP contribution in [0.3, 0.4) is 0 Å². The molecule has 0 bridgehead atoms. The largest absolute Gasteiger partial charge is 0.497 e. The van der Waals surface area contributed by atoms with Gasteiger partial charge in [-0.25, -0.2) is 4.99 Å². The van der Waals surface area contributed by atoms with Crippen molar-refractivity contribution in [2.24, 2.45) is 4.99 Å². The number of carbonyl (C=O) groups excluding carboxylic acids is 1. The maximum atomic E-state index is 13.9. The fourth-order valence-corrected chi connectivity index (χ4v) is 5.48. The lowest BCUT2D eigenvalue weighted by molar-refractivity contribution is -0.113. The number of amides is 1. The molecule has 7 nitrogen and oxygen atoms in total. The van der Waals surface area contributed by atoms with Crippen molar-refractivity contribution in [2.75, 3.05) is 19.0 Å². The molecule has 1 atom stereocenters. The molecule has 0 fully saturated rings. The number of para-hydroxylation sites is 1. The first-order chi connectivity index (χ1) is 19.0. The molecule has 0 radical (unpaired) electrons. The number of fused-ring (bicyclic) bond motifs is 1. The molecule has 0 saturated carbocycles. The van der Waals surface area contributed by atoms with Crippen LogP contribution < -0.4 is 29.7 Å². The third-order valence-corrected chi connectivity index (χ3v) is 7.17. The number of thiazole rings is 1. The van der Waals surface area contributed by atoms with Crippen LogP contribution in [0.4, 0.5) is 5.69 Å². The van der Waals surface area contributed by atoms with E-state index in [0.29, 0.717) is 37.8 Å². The van der Waals surface area contributed by atoms with Crippen molar-refractivity contribution < 1.29 is 14.3 Å². The summed E-state index contributed by atoms with van der Waals surface area (Å²) in [5.41, 5.74) is 2.84. The fourth-order valence-electron chi connectivity index (χ4n) is 4.43. The second kappa shape index (κ2) is 11.3. The number of rotatable bonds is 7. The van der Waals surface area contributed by atoms with E-state index in [4.69, 9.17) is 20.9 Å². The molecular weight excluding hydrogens is 510 g/mol. The minimum absolute atomic E-state index is 0.152. The molecule has 1 aliphatic rings. The van der Waals surface area contributed by atoms with Crippen LogP contribution in [0.5, 0.6) is 11.5 Å². The van der Waals surface area contributed by atoms with Crippen LogP contribution in [-0.2, 0) is 4.79 Å². The molecule has 1 aromatic heterocycles. The Morgan fingerprint density at radius 2 is 1.87 bits per heavy atom. The minimum atomic E-state index is -0.701. The Kier molecular flexibility index (Phi) is 7.43. The van der Waals surface area contributed by atoms with Crippen molar-refractivity contribution in [3.8, 4) is 23.8 Å². The molecule has 1 N–H and O–H groups in total. The third kappa shape index (κ3) is 5.40. The van der Waals surface area contributed by atoms with E-state index >= 15 is 0 Å². The highest BCUT2D eigenvalue weighted by molar-refractivity contribution is 7.07. The predicted octanol–water partition coefficient (Wildman–Crippen LogP) is 3.89. The average molecular weight is 536 g/mol. The van der Waals surface area contributed by atoms with Crippen molar-refractivity contribution in [1.82, 2.24) is 4.57 Å². The highest BCUT2D eigenvalue weighted by Gasteiger charge is 2.32. The molecule has 5 rings (SSSR count). The first kappa shape index (κ1) is 25.8. The molecule has 0 saturated heterocycles. The Morgan fingerprint density at radius 1 is 1.10 bits per heavy atom. The number of carbonyl (C=O) groups is 1. The SMILES string of the molecule is C#CCOc1cccc(/C=c2\sc3n(c2=O)[C@@H](c2cccc(OC)c2)C(C(=O)Nc2ccccc2)=C(C)N=3)c1. The Labute approximate surface area is 229 Å². The van der Waals surface area contributed by atoms with Crippen LogP contribution in [0.2, 0.25) is 0 Å². The Hall–Kier alpha value is -4.87. The highest BCUT2D eigenvalue weighted by Crippen LogP contribution is 2.32. The highest BCUT2D eigenvalue weighted by atomic mass is 32.1. The number of benzene rings is 3. The number of terminal acetylenes is 1. The Balaban J connectivity index is 1.65. The molecule has 39 heavy (non-hydrogen) atoms. The standard InChI is InChI=1S/C31H25N3O4S/c1-4-16-38-25-15-8-10-21(17-25)18-26-30(36)34-28(22-11-9-14-24(19-22)37-3)27(20(2)32-31(34)39-26)29(35)33-23-12-6-5-7-13-23/h1,5-15,17-19,28H,16H2,2-3H3,(H,33,35)/b26-18-/t28-/m0/s1. The molecule has 2 heterocycles. The van der Waals surface area contributed by atoms with E-state index in [1.54, 1.807) is 30.7 Å². The van der Waals surface area contributed by atoms with E-state index in [9.17, 15) is 9.59 Å². The summed E-state index contributed by atoms with van der Waals surface area (Å²) in [6, 6.07) is 23.2. The second-order valence-corrected chi connectivity index (χ2v) is 9.75. The zero-order valence-electron chi connectivity index (χ0n) is 21.4. The van der Waals surface area contributed by atoms with Gasteiger partial charge in [0.15, 0.2) is 4.80 Å². The van der Waals surface area contributed by atoms with E-state index < -0.39 is 6.04 Å². The summed E-state index contributed by atoms with van der Waals surface area (Å²) in [6.07, 6.45) is 7.09. The van der Waals surface area contributed by atoms with Gasteiger partial charge in [-0.1, -0.05) is 59.7 Å². The summed E-state index contributed by atoms with van der Waals surface area (Å²) in [7, 11) is 1.58. The topological polar surface area (TPSA) is 81.9 Å². The van der Waals surface area contributed by atoms with Gasteiger partial charge >= 0.3 is 0 Å². The smallest absolute Gasteiger partial charge is 0.271 e. The number of hydrogen-bond acceptors (Lipinski definition) is 6. The first-order valence-electron chi connectivity index (χ1n) is 12.2. The Bertz CT molecular complexity index is 1800. The van der Waals surface area contributed by atoms with Gasteiger partial charge in [0.05, 0.1) is 29.0 Å².